The van der Waals surface area contributed by atoms with Crippen LogP contribution in [-0.4, -0.2) is 28.1 Å². The number of carbonyl (C=O) groups excluding carboxylic acids is 1. The smallest absolute Gasteiger partial charge is 0.339 e. The zero-order chi connectivity index (χ0) is 15.4. The first-order chi connectivity index (χ1) is 9.99. The zero-order valence-electron chi connectivity index (χ0n) is 11.7. The van der Waals surface area contributed by atoms with Crippen LogP contribution >= 0.6 is 0 Å². The molecule has 2 unspecified atom stereocenters. The molecule has 1 saturated carbocycles. The summed E-state index contributed by atoms with van der Waals surface area (Å²) in [6, 6.07) is 3.81. The van der Waals surface area contributed by atoms with Crippen LogP contribution < -0.4 is 11.1 Å². The van der Waals surface area contributed by atoms with E-state index < -0.39 is 5.97 Å². The van der Waals surface area contributed by atoms with Crippen LogP contribution in [0.15, 0.2) is 18.2 Å². The van der Waals surface area contributed by atoms with Gasteiger partial charge in [0.1, 0.15) is 11.3 Å². The van der Waals surface area contributed by atoms with Gasteiger partial charge in [0.25, 0.3) is 0 Å². The molecule has 1 aliphatic rings. The average Bonchev–Trinajstić information content (AvgIpc) is 2.65. The number of rotatable bonds is 3. The molecule has 6 heteroatoms. The predicted molar refractivity (Wildman–Crippen MR) is 78.2 cm³/mol. The summed E-state index contributed by atoms with van der Waals surface area (Å²) in [4.78, 5) is 23.3. The molecule has 1 aromatic carbocycles. The highest BCUT2D eigenvalue weighted by molar-refractivity contribution is 5.96. The Morgan fingerprint density at radius 2 is 1.90 bits per heavy atom. The predicted octanol–water partition coefficient (Wildman–Crippen LogP) is 1.94. The van der Waals surface area contributed by atoms with Gasteiger partial charge in [-0.2, -0.15) is 0 Å². The second-order valence-corrected chi connectivity index (χ2v) is 5.43. The summed E-state index contributed by atoms with van der Waals surface area (Å²) in [5, 5.41) is 21.1. The number of hydrogen-bond acceptors (Lipinski definition) is 4. The highest BCUT2D eigenvalue weighted by atomic mass is 16.4. The van der Waals surface area contributed by atoms with Crippen molar-refractivity contribution in [2.24, 2.45) is 11.7 Å². The lowest BCUT2D eigenvalue weighted by molar-refractivity contribution is -0.120. The van der Waals surface area contributed by atoms with Crippen LogP contribution in [0.5, 0.6) is 5.75 Å². The van der Waals surface area contributed by atoms with Crippen LogP contribution in [0.3, 0.4) is 0 Å². The molecule has 0 spiro atoms. The molecule has 1 aliphatic carbocycles. The van der Waals surface area contributed by atoms with Crippen LogP contribution in [0.4, 0.5) is 5.69 Å². The van der Waals surface area contributed by atoms with Gasteiger partial charge in [0.05, 0.1) is 5.92 Å². The second-order valence-electron chi connectivity index (χ2n) is 5.43. The van der Waals surface area contributed by atoms with Gasteiger partial charge in [0.15, 0.2) is 0 Å². The van der Waals surface area contributed by atoms with Crippen molar-refractivity contribution >= 4 is 17.6 Å². The fourth-order valence-electron chi connectivity index (χ4n) is 2.68. The third kappa shape index (κ3) is 3.72. The SMILES string of the molecule is NC1CCCCCC1C(=O)Nc1ccc(O)c(C(=O)O)c1. The Hall–Kier alpha value is -2.08. The van der Waals surface area contributed by atoms with Crippen molar-refractivity contribution in [3.63, 3.8) is 0 Å². The quantitative estimate of drug-likeness (QED) is 0.502. The number of amides is 1. The lowest BCUT2D eigenvalue weighted by atomic mass is 9.94. The zero-order valence-corrected chi connectivity index (χ0v) is 11.7. The average molecular weight is 292 g/mol. The van der Waals surface area contributed by atoms with Gasteiger partial charge in [-0.15, -0.1) is 0 Å². The van der Waals surface area contributed by atoms with Crippen molar-refractivity contribution in [2.75, 3.05) is 5.32 Å². The van der Waals surface area contributed by atoms with E-state index in [0.29, 0.717) is 5.69 Å². The molecule has 5 N–H and O–H groups in total. The third-order valence-corrected chi connectivity index (χ3v) is 3.90. The number of hydrogen-bond donors (Lipinski definition) is 4. The Bertz CT molecular complexity index is 544. The summed E-state index contributed by atoms with van der Waals surface area (Å²) in [6.07, 6.45) is 4.67. The minimum Gasteiger partial charge on any atom is -0.507 e. The van der Waals surface area contributed by atoms with Crippen molar-refractivity contribution in [2.45, 2.75) is 38.1 Å². The molecule has 0 radical (unpaired) electrons. The summed E-state index contributed by atoms with van der Waals surface area (Å²) < 4.78 is 0. The van der Waals surface area contributed by atoms with Gasteiger partial charge in [0.2, 0.25) is 5.91 Å². The minimum atomic E-state index is -1.24. The van der Waals surface area contributed by atoms with Crippen LogP contribution in [-0.2, 0) is 4.79 Å². The van der Waals surface area contributed by atoms with E-state index in [2.05, 4.69) is 5.32 Å². The van der Waals surface area contributed by atoms with Crippen LogP contribution in [0.1, 0.15) is 42.5 Å². The van der Waals surface area contributed by atoms with E-state index in [1.165, 1.54) is 18.2 Å². The summed E-state index contributed by atoms with van der Waals surface area (Å²) in [5.41, 5.74) is 6.16. The van der Waals surface area contributed by atoms with Gasteiger partial charge < -0.3 is 21.3 Å². The largest absolute Gasteiger partial charge is 0.507 e. The van der Waals surface area contributed by atoms with E-state index >= 15 is 0 Å². The van der Waals surface area contributed by atoms with E-state index in [-0.39, 0.29) is 29.2 Å². The van der Waals surface area contributed by atoms with Crippen molar-refractivity contribution in [3.05, 3.63) is 23.8 Å². The van der Waals surface area contributed by atoms with Gasteiger partial charge >= 0.3 is 5.97 Å². The van der Waals surface area contributed by atoms with Crippen LogP contribution in [0, 0.1) is 5.92 Å². The van der Waals surface area contributed by atoms with Crippen LogP contribution in [0.25, 0.3) is 0 Å². The summed E-state index contributed by atoms with van der Waals surface area (Å²) in [5.74, 6) is -2.01. The maximum absolute atomic E-state index is 12.3. The molecule has 2 rings (SSSR count). The lowest BCUT2D eigenvalue weighted by Gasteiger charge is -2.20. The number of phenols is 1. The van der Waals surface area contributed by atoms with Crippen molar-refractivity contribution in [1.29, 1.82) is 0 Å². The van der Waals surface area contributed by atoms with E-state index in [1.54, 1.807) is 0 Å². The molecule has 0 aromatic heterocycles. The minimum absolute atomic E-state index is 0.163. The number of anilines is 1. The number of carboxylic acids is 1. The first-order valence-electron chi connectivity index (χ1n) is 7.12. The standard InChI is InChI=1S/C15H20N2O4/c16-12-5-3-1-2-4-10(12)14(19)17-9-6-7-13(18)11(8-9)15(20)21/h6-8,10,12,18H,1-5,16H2,(H,17,19)(H,20,21). The molecule has 0 bridgehead atoms. The van der Waals surface area contributed by atoms with Crippen molar-refractivity contribution < 1.29 is 19.8 Å². The summed E-state index contributed by atoms with van der Waals surface area (Å²) >= 11 is 0. The number of carbonyl (C=O) groups is 2. The molecule has 1 aromatic rings. The molecule has 1 fully saturated rings. The van der Waals surface area contributed by atoms with Gasteiger partial charge in [-0.05, 0) is 31.0 Å². The molecule has 2 atom stereocenters. The number of carboxylic acid groups (broad SMARTS) is 1. The van der Waals surface area contributed by atoms with Gasteiger partial charge in [-0.25, -0.2) is 4.79 Å². The number of nitrogens with two attached hydrogens (primary N) is 1. The molecule has 0 saturated heterocycles. The van der Waals surface area contributed by atoms with Gasteiger partial charge in [-0.1, -0.05) is 19.3 Å². The van der Waals surface area contributed by atoms with E-state index in [9.17, 15) is 14.7 Å². The molecule has 114 valence electrons. The summed E-state index contributed by atoms with van der Waals surface area (Å²) in [6.45, 7) is 0. The second kappa shape index (κ2) is 6.58. The number of aromatic carboxylic acids is 1. The monoisotopic (exact) mass is 292 g/mol. The third-order valence-electron chi connectivity index (χ3n) is 3.90. The number of aromatic hydroxyl groups is 1. The fraction of sp³-hybridized carbons (Fsp3) is 0.467. The first-order valence-corrected chi connectivity index (χ1v) is 7.12. The maximum atomic E-state index is 12.3. The Morgan fingerprint density at radius 1 is 1.19 bits per heavy atom. The van der Waals surface area contributed by atoms with Gasteiger partial charge in [-0.3, -0.25) is 4.79 Å². The first kappa shape index (κ1) is 15.3. The highest BCUT2D eigenvalue weighted by Gasteiger charge is 2.27. The van der Waals surface area contributed by atoms with Crippen molar-refractivity contribution in [1.82, 2.24) is 0 Å². The normalized spacial score (nSPS) is 22.3. The molecule has 0 aliphatic heterocycles. The van der Waals surface area contributed by atoms with E-state index in [4.69, 9.17) is 10.8 Å². The van der Waals surface area contributed by atoms with E-state index in [0.717, 1.165) is 32.1 Å². The Morgan fingerprint density at radius 3 is 2.62 bits per heavy atom. The molecule has 1 amide bonds. The van der Waals surface area contributed by atoms with E-state index in [1.807, 2.05) is 0 Å². The maximum Gasteiger partial charge on any atom is 0.339 e. The summed E-state index contributed by atoms with van der Waals surface area (Å²) in [7, 11) is 0. The molecular weight excluding hydrogens is 272 g/mol. The molecule has 6 nitrogen and oxygen atoms in total. The molecule has 21 heavy (non-hydrogen) atoms. The Kier molecular flexibility index (Phi) is 4.80. The topological polar surface area (TPSA) is 113 Å². The van der Waals surface area contributed by atoms with Crippen LogP contribution in [0.2, 0.25) is 0 Å². The lowest BCUT2D eigenvalue weighted by Crippen LogP contribution is -2.37. The van der Waals surface area contributed by atoms with Crippen molar-refractivity contribution in [3.8, 4) is 5.75 Å². The molecule has 0 heterocycles. The Balaban J connectivity index is 2.11. The fourth-order valence-corrected chi connectivity index (χ4v) is 2.68. The number of benzene rings is 1. The number of nitrogens with one attached hydrogen (secondary N) is 1. The highest BCUT2D eigenvalue weighted by Crippen LogP contribution is 2.25. The molecular formula is C15H20N2O4. The Labute approximate surface area is 123 Å². The van der Waals surface area contributed by atoms with Gasteiger partial charge in [0, 0.05) is 11.7 Å².